The molecule has 3 heterocycles. The lowest BCUT2D eigenvalue weighted by atomic mass is 10.2. The highest BCUT2D eigenvalue weighted by atomic mass is 32.1. The number of amides is 2. The van der Waals surface area contributed by atoms with Gasteiger partial charge < -0.3 is 19.7 Å². The third-order valence-electron chi connectivity index (χ3n) is 5.07. The molecule has 1 aromatic carbocycles. The third-order valence-corrected chi connectivity index (χ3v) is 6.00. The average molecular weight is 376 g/mol. The fourth-order valence-electron chi connectivity index (χ4n) is 3.70. The molecule has 26 heavy (non-hydrogen) atoms. The Labute approximate surface area is 156 Å². The van der Waals surface area contributed by atoms with Gasteiger partial charge in [0.1, 0.15) is 5.75 Å². The number of nitrogens with one attached hydrogen (secondary N) is 1. The van der Waals surface area contributed by atoms with Crippen LogP contribution in [-0.4, -0.2) is 73.4 Å². The SMILES string of the molecule is COc1cc2nc(C)sc2cc1NC(=O)N1CCC(N2CCOCC2)C1. The first-order valence-corrected chi connectivity index (χ1v) is 9.78. The van der Waals surface area contributed by atoms with Crippen molar-refractivity contribution in [1.82, 2.24) is 14.8 Å². The van der Waals surface area contributed by atoms with E-state index in [1.165, 1.54) is 0 Å². The van der Waals surface area contributed by atoms with Crippen molar-refractivity contribution in [3.05, 3.63) is 17.1 Å². The van der Waals surface area contributed by atoms with Gasteiger partial charge in [0.2, 0.25) is 0 Å². The number of hydrogen-bond acceptors (Lipinski definition) is 6. The fraction of sp³-hybridized carbons (Fsp3) is 0.556. The van der Waals surface area contributed by atoms with Crippen LogP contribution >= 0.6 is 11.3 Å². The van der Waals surface area contributed by atoms with Gasteiger partial charge in [-0.2, -0.15) is 0 Å². The van der Waals surface area contributed by atoms with Gasteiger partial charge in [0, 0.05) is 38.3 Å². The zero-order valence-corrected chi connectivity index (χ0v) is 16.0. The minimum absolute atomic E-state index is 0.0698. The number of thiazole rings is 1. The lowest BCUT2D eigenvalue weighted by Crippen LogP contribution is -2.45. The summed E-state index contributed by atoms with van der Waals surface area (Å²) in [4.78, 5) is 21.6. The molecule has 2 fully saturated rings. The normalized spacial score (nSPS) is 21.3. The standard InChI is InChI=1S/C18H24N4O3S/c1-12-19-15-9-16(24-2)14(10-17(15)26-12)20-18(23)22-4-3-13(11-22)21-5-7-25-8-6-21/h9-10,13H,3-8,11H2,1-2H3,(H,20,23). The van der Waals surface area contributed by atoms with Crippen molar-refractivity contribution in [3.63, 3.8) is 0 Å². The molecule has 4 rings (SSSR count). The lowest BCUT2D eigenvalue weighted by molar-refractivity contribution is 0.0192. The molecule has 0 spiro atoms. The van der Waals surface area contributed by atoms with Crippen LogP contribution in [0.25, 0.3) is 10.2 Å². The molecule has 0 aliphatic carbocycles. The minimum atomic E-state index is -0.0698. The lowest BCUT2D eigenvalue weighted by Gasteiger charge is -2.32. The molecule has 1 atom stereocenters. The Bertz CT molecular complexity index is 803. The summed E-state index contributed by atoms with van der Waals surface area (Å²) < 4.78 is 11.9. The van der Waals surface area contributed by atoms with E-state index in [4.69, 9.17) is 9.47 Å². The maximum absolute atomic E-state index is 12.8. The fourth-order valence-corrected chi connectivity index (χ4v) is 4.55. The summed E-state index contributed by atoms with van der Waals surface area (Å²) in [6.07, 6.45) is 1.01. The van der Waals surface area contributed by atoms with Gasteiger partial charge in [-0.25, -0.2) is 9.78 Å². The zero-order chi connectivity index (χ0) is 18.1. The molecule has 0 bridgehead atoms. The molecule has 2 aromatic rings. The quantitative estimate of drug-likeness (QED) is 0.892. The molecule has 2 aliphatic rings. The van der Waals surface area contributed by atoms with E-state index in [1.807, 2.05) is 24.0 Å². The minimum Gasteiger partial charge on any atom is -0.494 e. The van der Waals surface area contributed by atoms with Crippen LogP contribution in [0.5, 0.6) is 5.75 Å². The number of urea groups is 1. The van der Waals surface area contributed by atoms with E-state index >= 15 is 0 Å². The van der Waals surface area contributed by atoms with Gasteiger partial charge in [0.15, 0.2) is 0 Å². The molecule has 1 unspecified atom stereocenters. The van der Waals surface area contributed by atoms with Crippen molar-refractivity contribution in [2.75, 3.05) is 51.8 Å². The number of methoxy groups -OCH3 is 1. The van der Waals surface area contributed by atoms with Crippen molar-refractivity contribution in [3.8, 4) is 5.75 Å². The summed E-state index contributed by atoms with van der Waals surface area (Å²) in [6.45, 7) is 6.99. The molecular formula is C18H24N4O3S. The zero-order valence-electron chi connectivity index (χ0n) is 15.2. The molecule has 0 saturated carbocycles. The van der Waals surface area contributed by atoms with E-state index < -0.39 is 0 Å². The smallest absolute Gasteiger partial charge is 0.322 e. The molecule has 0 radical (unpaired) electrons. The summed E-state index contributed by atoms with van der Waals surface area (Å²) in [7, 11) is 1.61. The van der Waals surface area contributed by atoms with Crippen molar-refractivity contribution < 1.29 is 14.3 Å². The molecule has 2 aliphatic heterocycles. The number of likely N-dealkylation sites (tertiary alicyclic amines) is 1. The highest BCUT2D eigenvalue weighted by molar-refractivity contribution is 7.18. The number of nitrogens with zero attached hydrogens (tertiary/aromatic N) is 3. The molecule has 7 nitrogen and oxygen atoms in total. The van der Waals surface area contributed by atoms with E-state index in [0.717, 1.165) is 61.0 Å². The van der Waals surface area contributed by atoms with Gasteiger partial charge >= 0.3 is 6.03 Å². The second kappa shape index (κ2) is 7.38. The molecule has 140 valence electrons. The predicted molar refractivity (Wildman–Crippen MR) is 102 cm³/mol. The number of benzene rings is 1. The number of carbonyl (C=O) groups is 1. The van der Waals surface area contributed by atoms with Crippen LogP contribution in [0.3, 0.4) is 0 Å². The molecule has 2 amide bonds. The summed E-state index contributed by atoms with van der Waals surface area (Å²) in [5.41, 5.74) is 1.60. The van der Waals surface area contributed by atoms with Gasteiger partial charge in [-0.05, 0) is 19.4 Å². The number of rotatable bonds is 3. The Morgan fingerprint density at radius 2 is 2.15 bits per heavy atom. The number of ether oxygens (including phenoxy) is 2. The topological polar surface area (TPSA) is 66.9 Å². The van der Waals surface area contributed by atoms with E-state index in [-0.39, 0.29) is 6.03 Å². The highest BCUT2D eigenvalue weighted by Crippen LogP contribution is 2.33. The van der Waals surface area contributed by atoms with Gasteiger partial charge in [-0.15, -0.1) is 11.3 Å². The van der Waals surface area contributed by atoms with Gasteiger partial charge in [-0.1, -0.05) is 0 Å². The van der Waals surface area contributed by atoms with Crippen molar-refractivity contribution >= 4 is 33.3 Å². The van der Waals surface area contributed by atoms with Crippen LogP contribution in [0.15, 0.2) is 12.1 Å². The highest BCUT2D eigenvalue weighted by Gasteiger charge is 2.31. The van der Waals surface area contributed by atoms with Crippen LogP contribution < -0.4 is 10.1 Å². The number of morpholine rings is 1. The first-order chi connectivity index (χ1) is 12.6. The molecule has 1 aromatic heterocycles. The second-order valence-electron chi connectivity index (χ2n) is 6.72. The Hall–Kier alpha value is -1.90. The number of aryl methyl sites for hydroxylation is 1. The third kappa shape index (κ3) is 3.49. The van der Waals surface area contributed by atoms with Crippen molar-refractivity contribution in [2.24, 2.45) is 0 Å². The Morgan fingerprint density at radius 1 is 1.35 bits per heavy atom. The van der Waals surface area contributed by atoms with E-state index in [9.17, 15) is 4.79 Å². The van der Waals surface area contributed by atoms with Gasteiger partial charge in [-0.3, -0.25) is 4.90 Å². The number of carbonyl (C=O) groups excluding carboxylic acids is 1. The average Bonchev–Trinajstić information content (AvgIpc) is 3.27. The van der Waals surface area contributed by atoms with E-state index in [2.05, 4.69) is 15.2 Å². The largest absolute Gasteiger partial charge is 0.494 e. The Morgan fingerprint density at radius 3 is 2.92 bits per heavy atom. The Kier molecular flexibility index (Phi) is 4.97. The molecular weight excluding hydrogens is 352 g/mol. The maximum atomic E-state index is 12.8. The van der Waals surface area contributed by atoms with Gasteiger partial charge in [0.05, 0.1) is 41.2 Å². The first kappa shape index (κ1) is 17.5. The number of anilines is 1. The summed E-state index contributed by atoms with van der Waals surface area (Å²) in [5, 5.41) is 4.02. The summed E-state index contributed by atoms with van der Waals surface area (Å²) in [5.74, 6) is 0.639. The second-order valence-corrected chi connectivity index (χ2v) is 7.95. The van der Waals surface area contributed by atoms with Gasteiger partial charge in [0.25, 0.3) is 0 Å². The summed E-state index contributed by atoms with van der Waals surface area (Å²) >= 11 is 1.61. The molecule has 8 heteroatoms. The number of hydrogen-bond donors (Lipinski definition) is 1. The predicted octanol–water partition coefficient (Wildman–Crippen LogP) is 2.55. The van der Waals surface area contributed by atoms with Crippen LogP contribution in [0.2, 0.25) is 0 Å². The first-order valence-electron chi connectivity index (χ1n) is 8.97. The van der Waals surface area contributed by atoms with Crippen LogP contribution in [0, 0.1) is 6.92 Å². The Balaban J connectivity index is 1.45. The van der Waals surface area contributed by atoms with E-state index in [1.54, 1.807) is 18.4 Å². The number of aromatic nitrogens is 1. The number of fused-ring (bicyclic) bond motifs is 1. The van der Waals surface area contributed by atoms with E-state index in [0.29, 0.717) is 17.5 Å². The van der Waals surface area contributed by atoms with Crippen LogP contribution in [-0.2, 0) is 4.74 Å². The monoisotopic (exact) mass is 376 g/mol. The summed E-state index contributed by atoms with van der Waals surface area (Å²) in [6, 6.07) is 4.19. The van der Waals surface area contributed by atoms with Crippen LogP contribution in [0.1, 0.15) is 11.4 Å². The van der Waals surface area contributed by atoms with Crippen molar-refractivity contribution in [2.45, 2.75) is 19.4 Å². The van der Waals surface area contributed by atoms with Crippen LogP contribution in [0.4, 0.5) is 10.5 Å². The molecule has 1 N–H and O–H groups in total. The maximum Gasteiger partial charge on any atom is 0.322 e. The van der Waals surface area contributed by atoms with Crippen molar-refractivity contribution in [1.29, 1.82) is 0 Å². The molecule has 2 saturated heterocycles.